The Morgan fingerprint density at radius 2 is 1.67 bits per heavy atom. The second-order valence-corrected chi connectivity index (χ2v) is 12.4. The molecule has 2 bridgehead atoms. The molecule has 2 amide bonds. The van der Waals surface area contributed by atoms with Crippen LogP contribution in [0.5, 0.6) is 0 Å². The molecule has 1 saturated heterocycles. The lowest BCUT2D eigenvalue weighted by Crippen LogP contribution is -2.32. The van der Waals surface area contributed by atoms with Gasteiger partial charge >= 0.3 is 5.97 Å². The van der Waals surface area contributed by atoms with E-state index in [2.05, 4.69) is 28.9 Å². The summed E-state index contributed by atoms with van der Waals surface area (Å²) in [6.45, 7) is 3.61. The van der Waals surface area contributed by atoms with Crippen molar-refractivity contribution in [2.45, 2.75) is 26.4 Å². The maximum absolute atomic E-state index is 13.5. The fourth-order valence-corrected chi connectivity index (χ4v) is 7.30. The number of Topliss-reactive ketones (excluding diaryl/α,β-unsaturated/α-hetero) is 1. The van der Waals surface area contributed by atoms with E-state index in [-0.39, 0.29) is 46.8 Å². The van der Waals surface area contributed by atoms with E-state index >= 15 is 0 Å². The number of nitrogens with zero attached hydrogens (tertiary/aromatic N) is 2. The number of aromatic nitrogens is 1. The zero-order valence-corrected chi connectivity index (χ0v) is 25.1. The number of benzene rings is 3. The molecule has 0 spiro atoms. The summed E-state index contributed by atoms with van der Waals surface area (Å²) >= 11 is 3.47. The number of hydrogen-bond donors (Lipinski definition) is 0. The number of hydrogen-bond acceptors (Lipinski definition) is 6. The normalized spacial score (nSPS) is 23.0. The number of ketones is 1. The van der Waals surface area contributed by atoms with Crippen molar-refractivity contribution < 1.29 is 23.9 Å². The molecule has 1 aliphatic heterocycles. The first-order valence-corrected chi connectivity index (χ1v) is 15.1. The number of fused-ring (bicyclic) bond motifs is 6. The second-order valence-electron chi connectivity index (χ2n) is 11.5. The third-order valence-corrected chi connectivity index (χ3v) is 9.50. The summed E-state index contributed by atoms with van der Waals surface area (Å²) in [7, 11) is 0. The van der Waals surface area contributed by atoms with E-state index in [4.69, 9.17) is 9.72 Å². The molecule has 4 aromatic rings. The van der Waals surface area contributed by atoms with Gasteiger partial charge in [-0.3, -0.25) is 19.3 Å². The SMILES string of the molecule is CC1=CC2CC1C1C(=O)N(c3ccc(-c4cc(C(=O)OC(C)C(=O)c5ccccc5)c5cc(Br)ccc5n4)cc3)C(=O)C21. The lowest BCUT2D eigenvalue weighted by Gasteiger charge is -2.19. The van der Waals surface area contributed by atoms with Crippen molar-refractivity contribution in [1.29, 1.82) is 0 Å². The Bertz CT molecular complexity index is 1870. The molecule has 214 valence electrons. The molecule has 2 fully saturated rings. The van der Waals surface area contributed by atoms with Gasteiger partial charge in [0.05, 0.1) is 34.3 Å². The highest BCUT2D eigenvalue weighted by Crippen LogP contribution is 2.56. The third kappa shape index (κ3) is 4.52. The van der Waals surface area contributed by atoms with Gasteiger partial charge in [0.15, 0.2) is 6.10 Å². The van der Waals surface area contributed by atoms with Gasteiger partial charge in [0.1, 0.15) is 0 Å². The van der Waals surface area contributed by atoms with E-state index in [1.54, 1.807) is 73.7 Å². The molecular formula is C35H27BrN2O5. The summed E-state index contributed by atoms with van der Waals surface area (Å²) in [4.78, 5) is 59.2. The van der Waals surface area contributed by atoms with Crippen LogP contribution in [0.25, 0.3) is 22.2 Å². The van der Waals surface area contributed by atoms with Gasteiger partial charge in [0.25, 0.3) is 0 Å². The van der Waals surface area contributed by atoms with Crippen molar-refractivity contribution >= 4 is 56.1 Å². The van der Waals surface area contributed by atoms with Crippen LogP contribution < -0.4 is 4.90 Å². The lowest BCUT2D eigenvalue weighted by molar-refractivity contribution is -0.123. The quantitative estimate of drug-likeness (QED) is 0.100. The predicted molar refractivity (Wildman–Crippen MR) is 165 cm³/mol. The zero-order valence-electron chi connectivity index (χ0n) is 23.5. The van der Waals surface area contributed by atoms with Crippen LogP contribution in [0.1, 0.15) is 41.0 Å². The van der Waals surface area contributed by atoms with E-state index in [9.17, 15) is 19.2 Å². The number of halogens is 1. The minimum atomic E-state index is -0.989. The van der Waals surface area contributed by atoms with Gasteiger partial charge in [-0.15, -0.1) is 0 Å². The molecule has 3 aliphatic rings. The Morgan fingerprint density at radius 3 is 2.42 bits per heavy atom. The molecule has 43 heavy (non-hydrogen) atoms. The number of carbonyl (C=O) groups is 4. The van der Waals surface area contributed by atoms with Crippen LogP contribution in [0.4, 0.5) is 5.69 Å². The average Bonchev–Trinajstić information content (AvgIpc) is 3.66. The summed E-state index contributed by atoms with van der Waals surface area (Å²) in [6.07, 6.45) is 2.06. The van der Waals surface area contributed by atoms with Crippen molar-refractivity contribution in [2.75, 3.05) is 4.90 Å². The fraction of sp³-hybridized carbons (Fsp3) is 0.229. The smallest absolute Gasteiger partial charge is 0.339 e. The predicted octanol–water partition coefficient (Wildman–Crippen LogP) is 6.79. The topological polar surface area (TPSA) is 93.6 Å². The van der Waals surface area contributed by atoms with Crippen LogP contribution in [0, 0.1) is 23.7 Å². The van der Waals surface area contributed by atoms with Gasteiger partial charge < -0.3 is 4.74 Å². The van der Waals surface area contributed by atoms with Crippen LogP contribution in [0.2, 0.25) is 0 Å². The number of esters is 1. The van der Waals surface area contributed by atoms with E-state index < -0.39 is 12.1 Å². The Kier molecular flexibility index (Phi) is 6.62. The van der Waals surface area contributed by atoms with E-state index in [1.165, 1.54) is 10.5 Å². The summed E-state index contributed by atoms with van der Waals surface area (Å²) < 4.78 is 6.42. The second kappa shape index (κ2) is 10.4. The van der Waals surface area contributed by atoms with Crippen LogP contribution in [-0.4, -0.2) is 34.7 Å². The van der Waals surface area contributed by atoms with E-state index in [1.807, 2.05) is 12.1 Å². The van der Waals surface area contributed by atoms with Gasteiger partial charge in [-0.2, -0.15) is 0 Å². The number of ether oxygens (including phenoxy) is 1. The molecule has 5 atom stereocenters. The lowest BCUT2D eigenvalue weighted by atomic mass is 9.82. The Balaban J connectivity index is 1.18. The highest BCUT2D eigenvalue weighted by Gasteiger charge is 2.60. The van der Waals surface area contributed by atoms with Gasteiger partial charge in [-0.1, -0.05) is 70.0 Å². The molecule has 0 radical (unpaired) electrons. The monoisotopic (exact) mass is 634 g/mol. The maximum Gasteiger partial charge on any atom is 0.339 e. The minimum absolute atomic E-state index is 0.124. The van der Waals surface area contributed by atoms with Gasteiger partial charge in [-0.25, -0.2) is 9.78 Å². The average molecular weight is 636 g/mol. The third-order valence-electron chi connectivity index (χ3n) is 9.00. The molecule has 2 heterocycles. The summed E-state index contributed by atoms with van der Waals surface area (Å²) in [5.74, 6) is -1.43. The first kappa shape index (κ1) is 27.4. The van der Waals surface area contributed by atoms with Gasteiger partial charge in [0.2, 0.25) is 17.6 Å². The van der Waals surface area contributed by atoms with Crippen molar-refractivity contribution in [2.24, 2.45) is 23.7 Å². The highest BCUT2D eigenvalue weighted by atomic mass is 79.9. The Morgan fingerprint density at radius 1 is 0.953 bits per heavy atom. The van der Waals surface area contributed by atoms with Crippen LogP contribution in [0.15, 0.2) is 95.0 Å². The van der Waals surface area contributed by atoms with Gasteiger partial charge in [0, 0.05) is 21.0 Å². The first-order valence-electron chi connectivity index (χ1n) is 14.3. The standard InChI is InChI=1S/C35H27BrN2O5/c1-18-14-22-15-25(18)31-30(22)33(40)38(34(31)41)24-11-8-20(9-12-24)29-17-27(26-16-23(36)10-13-28(26)37-29)35(42)43-19(2)32(39)21-6-4-3-5-7-21/h3-14,16-17,19,22,25,30-31H,15H2,1-2H3. The molecule has 2 aliphatic carbocycles. The number of amides is 2. The van der Waals surface area contributed by atoms with Crippen molar-refractivity contribution in [3.05, 3.63) is 106 Å². The van der Waals surface area contributed by atoms with Crippen LogP contribution >= 0.6 is 15.9 Å². The van der Waals surface area contributed by atoms with E-state index in [0.717, 1.165) is 10.9 Å². The number of anilines is 1. The molecule has 5 unspecified atom stereocenters. The van der Waals surface area contributed by atoms with Crippen molar-refractivity contribution in [3.8, 4) is 11.3 Å². The molecule has 3 aromatic carbocycles. The van der Waals surface area contributed by atoms with Crippen molar-refractivity contribution in [3.63, 3.8) is 0 Å². The number of allylic oxidation sites excluding steroid dienone is 2. The summed E-state index contributed by atoms with van der Waals surface area (Å²) in [5.41, 5.74) is 4.28. The van der Waals surface area contributed by atoms with Crippen LogP contribution in [-0.2, 0) is 14.3 Å². The number of pyridine rings is 1. The molecule has 1 aromatic heterocycles. The molecular weight excluding hydrogens is 608 g/mol. The fourth-order valence-electron chi connectivity index (χ4n) is 6.94. The number of carbonyl (C=O) groups excluding carboxylic acids is 4. The number of rotatable bonds is 6. The largest absolute Gasteiger partial charge is 0.451 e. The van der Waals surface area contributed by atoms with Gasteiger partial charge in [-0.05, 0) is 68.5 Å². The van der Waals surface area contributed by atoms with Crippen molar-refractivity contribution in [1.82, 2.24) is 4.98 Å². The summed E-state index contributed by atoms with van der Waals surface area (Å²) in [5, 5.41) is 0.581. The molecule has 7 rings (SSSR count). The molecule has 0 N–H and O–H groups in total. The first-order chi connectivity index (χ1) is 20.7. The Labute approximate surface area is 256 Å². The number of imide groups is 1. The zero-order chi connectivity index (χ0) is 30.0. The molecule has 7 nitrogen and oxygen atoms in total. The Hall–Kier alpha value is -4.43. The highest BCUT2D eigenvalue weighted by molar-refractivity contribution is 9.10. The van der Waals surface area contributed by atoms with E-state index in [0.29, 0.717) is 33.4 Å². The maximum atomic E-state index is 13.5. The minimum Gasteiger partial charge on any atom is -0.451 e. The summed E-state index contributed by atoms with van der Waals surface area (Å²) in [6, 6.07) is 22.9. The molecule has 8 heteroatoms. The molecule has 1 saturated carbocycles. The van der Waals surface area contributed by atoms with Crippen LogP contribution in [0.3, 0.4) is 0 Å².